The van der Waals surface area contributed by atoms with E-state index in [0.29, 0.717) is 6.61 Å². The van der Waals surface area contributed by atoms with Crippen LogP contribution in [0.3, 0.4) is 0 Å². The molecule has 0 bridgehead atoms. The number of rotatable bonds is 6. The minimum atomic E-state index is -0.0319. The molecule has 1 aromatic carbocycles. The summed E-state index contributed by atoms with van der Waals surface area (Å²) in [6, 6.07) is 7.66. The summed E-state index contributed by atoms with van der Waals surface area (Å²) in [6.07, 6.45) is 1.85. The van der Waals surface area contributed by atoms with Gasteiger partial charge in [-0.3, -0.25) is 0 Å². The average Bonchev–Trinajstić information content (AvgIpc) is 2.25. The molecule has 0 amide bonds. The first-order chi connectivity index (χ1) is 7.25. The first-order valence-corrected chi connectivity index (χ1v) is 5.71. The number of ether oxygens (including phenoxy) is 1. The normalized spacial score (nSPS) is 12.7. The van der Waals surface area contributed by atoms with Crippen LogP contribution in [0.4, 0.5) is 0 Å². The van der Waals surface area contributed by atoms with Gasteiger partial charge in [0.1, 0.15) is 0 Å². The number of benzene rings is 1. The van der Waals surface area contributed by atoms with Crippen LogP contribution in [0.5, 0.6) is 0 Å². The van der Waals surface area contributed by atoms with E-state index >= 15 is 0 Å². The SMILES string of the molecule is CCCOCCC(N)c1ccccc1Cl. The van der Waals surface area contributed by atoms with E-state index in [2.05, 4.69) is 6.92 Å². The molecule has 1 unspecified atom stereocenters. The molecule has 0 fully saturated rings. The van der Waals surface area contributed by atoms with Crippen LogP contribution in [0.2, 0.25) is 5.02 Å². The first kappa shape index (κ1) is 12.5. The van der Waals surface area contributed by atoms with Crippen molar-refractivity contribution in [2.45, 2.75) is 25.8 Å². The van der Waals surface area contributed by atoms with Crippen LogP contribution in [0.1, 0.15) is 31.4 Å². The Morgan fingerprint density at radius 1 is 1.33 bits per heavy atom. The molecular weight excluding hydrogens is 210 g/mol. The smallest absolute Gasteiger partial charge is 0.0484 e. The average molecular weight is 228 g/mol. The van der Waals surface area contributed by atoms with Crippen LogP contribution in [0, 0.1) is 0 Å². The van der Waals surface area contributed by atoms with Gasteiger partial charge in [-0.25, -0.2) is 0 Å². The van der Waals surface area contributed by atoms with E-state index in [1.807, 2.05) is 24.3 Å². The predicted octanol–water partition coefficient (Wildman–Crippen LogP) is 3.16. The highest BCUT2D eigenvalue weighted by molar-refractivity contribution is 6.31. The minimum Gasteiger partial charge on any atom is -0.381 e. The van der Waals surface area contributed by atoms with Gasteiger partial charge in [-0.15, -0.1) is 0 Å². The molecule has 2 N–H and O–H groups in total. The molecule has 2 nitrogen and oxygen atoms in total. The molecule has 3 heteroatoms. The molecule has 0 saturated heterocycles. The highest BCUT2D eigenvalue weighted by Crippen LogP contribution is 2.22. The summed E-state index contributed by atoms with van der Waals surface area (Å²) in [7, 11) is 0. The molecule has 0 saturated carbocycles. The molecule has 84 valence electrons. The fourth-order valence-electron chi connectivity index (χ4n) is 1.39. The lowest BCUT2D eigenvalue weighted by Gasteiger charge is -2.13. The zero-order valence-electron chi connectivity index (χ0n) is 9.08. The maximum absolute atomic E-state index is 6.04. The van der Waals surface area contributed by atoms with E-state index < -0.39 is 0 Å². The third-order valence-electron chi connectivity index (χ3n) is 2.23. The molecule has 15 heavy (non-hydrogen) atoms. The van der Waals surface area contributed by atoms with Gasteiger partial charge in [0.2, 0.25) is 0 Å². The summed E-state index contributed by atoms with van der Waals surface area (Å²) in [5, 5.41) is 0.737. The Labute approximate surface area is 96.4 Å². The van der Waals surface area contributed by atoms with Crippen molar-refractivity contribution >= 4 is 11.6 Å². The highest BCUT2D eigenvalue weighted by atomic mass is 35.5. The predicted molar refractivity (Wildman–Crippen MR) is 64.1 cm³/mol. The maximum Gasteiger partial charge on any atom is 0.0484 e. The Morgan fingerprint density at radius 3 is 2.73 bits per heavy atom. The van der Waals surface area contributed by atoms with Crippen molar-refractivity contribution < 1.29 is 4.74 Å². The Bertz CT molecular complexity index is 291. The van der Waals surface area contributed by atoms with Crippen molar-refractivity contribution in [1.82, 2.24) is 0 Å². The Hall–Kier alpha value is -0.570. The van der Waals surface area contributed by atoms with E-state index in [9.17, 15) is 0 Å². The number of hydrogen-bond acceptors (Lipinski definition) is 2. The molecule has 0 aromatic heterocycles. The second-order valence-electron chi connectivity index (χ2n) is 3.53. The molecule has 0 aliphatic carbocycles. The summed E-state index contributed by atoms with van der Waals surface area (Å²) >= 11 is 6.04. The van der Waals surface area contributed by atoms with Gasteiger partial charge in [0.15, 0.2) is 0 Å². The third kappa shape index (κ3) is 4.20. The van der Waals surface area contributed by atoms with E-state index in [4.69, 9.17) is 22.1 Å². The van der Waals surface area contributed by atoms with Crippen LogP contribution in [0.25, 0.3) is 0 Å². The molecular formula is C12H18ClNO. The van der Waals surface area contributed by atoms with E-state index in [1.54, 1.807) is 0 Å². The van der Waals surface area contributed by atoms with Crippen molar-refractivity contribution in [3.63, 3.8) is 0 Å². The fourth-order valence-corrected chi connectivity index (χ4v) is 1.66. The van der Waals surface area contributed by atoms with Crippen molar-refractivity contribution in [2.24, 2.45) is 5.73 Å². The first-order valence-electron chi connectivity index (χ1n) is 5.33. The standard InChI is InChI=1S/C12H18ClNO/c1-2-8-15-9-7-12(14)10-5-3-4-6-11(10)13/h3-6,12H,2,7-9,14H2,1H3. The molecule has 0 radical (unpaired) electrons. The fraction of sp³-hybridized carbons (Fsp3) is 0.500. The second-order valence-corrected chi connectivity index (χ2v) is 3.94. The molecule has 0 aliphatic heterocycles. The van der Waals surface area contributed by atoms with Crippen molar-refractivity contribution in [1.29, 1.82) is 0 Å². The second kappa shape index (κ2) is 6.83. The summed E-state index contributed by atoms with van der Waals surface area (Å²) in [5.74, 6) is 0. The summed E-state index contributed by atoms with van der Waals surface area (Å²) in [6.45, 7) is 3.59. The van der Waals surface area contributed by atoms with Crippen molar-refractivity contribution in [3.8, 4) is 0 Å². The van der Waals surface area contributed by atoms with Crippen LogP contribution >= 0.6 is 11.6 Å². The lowest BCUT2D eigenvalue weighted by Crippen LogP contribution is -2.13. The summed E-state index contributed by atoms with van der Waals surface area (Å²) in [4.78, 5) is 0. The lowest BCUT2D eigenvalue weighted by atomic mass is 10.1. The molecule has 1 atom stereocenters. The van der Waals surface area contributed by atoms with Crippen molar-refractivity contribution in [2.75, 3.05) is 13.2 Å². The number of hydrogen-bond donors (Lipinski definition) is 1. The van der Waals surface area contributed by atoms with Gasteiger partial charge < -0.3 is 10.5 Å². The van der Waals surface area contributed by atoms with Crippen molar-refractivity contribution in [3.05, 3.63) is 34.9 Å². The van der Waals surface area contributed by atoms with Gasteiger partial charge in [-0.2, -0.15) is 0 Å². The topological polar surface area (TPSA) is 35.2 Å². The van der Waals surface area contributed by atoms with Crippen LogP contribution in [-0.4, -0.2) is 13.2 Å². The van der Waals surface area contributed by atoms with Gasteiger partial charge in [0, 0.05) is 24.3 Å². The Morgan fingerprint density at radius 2 is 2.07 bits per heavy atom. The number of halogens is 1. The van der Waals surface area contributed by atoms with E-state index in [1.165, 1.54) is 0 Å². The lowest BCUT2D eigenvalue weighted by molar-refractivity contribution is 0.128. The highest BCUT2D eigenvalue weighted by Gasteiger charge is 2.08. The Balaban J connectivity index is 2.40. The molecule has 1 rings (SSSR count). The van der Waals surface area contributed by atoms with Gasteiger partial charge in [0.05, 0.1) is 0 Å². The monoisotopic (exact) mass is 227 g/mol. The molecule has 0 aliphatic rings. The third-order valence-corrected chi connectivity index (χ3v) is 2.57. The van der Waals surface area contributed by atoms with E-state index in [-0.39, 0.29) is 6.04 Å². The minimum absolute atomic E-state index is 0.0319. The van der Waals surface area contributed by atoms with Crippen LogP contribution in [0.15, 0.2) is 24.3 Å². The molecule has 0 heterocycles. The zero-order valence-corrected chi connectivity index (χ0v) is 9.83. The van der Waals surface area contributed by atoms with Crippen LogP contribution in [-0.2, 0) is 4.74 Å². The zero-order chi connectivity index (χ0) is 11.1. The Kier molecular flexibility index (Phi) is 5.69. The molecule has 1 aromatic rings. The largest absolute Gasteiger partial charge is 0.381 e. The van der Waals surface area contributed by atoms with E-state index in [0.717, 1.165) is 30.0 Å². The van der Waals surface area contributed by atoms with Gasteiger partial charge >= 0.3 is 0 Å². The van der Waals surface area contributed by atoms with Gasteiger partial charge in [-0.1, -0.05) is 36.7 Å². The summed E-state index contributed by atoms with van der Waals surface area (Å²) < 4.78 is 5.39. The van der Waals surface area contributed by atoms with Crippen LogP contribution < -0.4 is 5.73 Å². The summed E-state index contributed by atoms with van der Waals surface area (Å²) in [5.41, 5.74) is 7.01. The van der Waals surface area contributed by atoms with Gasteiger partial charge in [0.25, 0.3) is 0 Å². The molecule has 0 spiro atoms. The van der Waals surface area contributed by atoms with Gasteiger partial charge in [-0.05, 0) is 24.5 Å². The maximum atomic E-state index is 6.04. The number of nitrogens with two attached hydrogens (primary N) is 1. The quantitative estimate of drug-likeness (QED) is 0.758.